The molecule has 0 aliphatic carbocycles. The van der Waals surface area contributed by atoms with Crippen LogP contribution >= 0.6 is 12.2 Å². The fraction of sp³-hybridized carbons (Fsp3) is 0.278. The number of nitro benzene ring substituents is 1. The molecule has 5 nitrogen and oxygen atoms in total. The fourth-order valence-electron chi connectivity index (χ4n) is 2.33. The highest BCUT2D eigenvalue weighted by atomic mass is 32.1. The Balaban J connectivity index is 2.13. The number of nitro groups is 1. The Morgan fingerprint density at radius 3 is 2.54 bits per heavy atom. The maximum absolute atomic E-state index is 10.9. The Labute approximate surface area is 147 Å². The SMILES string of the molecule is Cc1ccc(NC(=S)N(C)[C@H](C)c2cccc([N+](=O)[O-])c2)cc1C. The van der Waals surface area contributed by atoms with E-state index in [1.54, 1.807) is 12.1 Å². The van der Waals surface area contributed by atoms with E-state index in [0.717, 1.165) is 11.3 Å². The molecule has 0 heterocycles. The molecule has 2 rings (SSSR count). The molecular formula is C18H21N3O2S. The van der Waals surface area contributed by atoms with Crippen LogP contribution in [0.3, 0.4) is 0 Å². The molecular weight excluding hydrogens is 322 g/mol. The highest BCUT2D eigenvalue weighted by molar-refractivity contribution is 7.80. The molecule has 2 aromatic rings. The van der Waals surface area contributed by atoms with Crippen molar-refractivity contribution in [1.82, 2.24) is 4.90 Å². The summed E-state index contributed by atoms with van der Waals surface area (Å²) in [5.74, 6) is 0. The van der Waals surface area contributed by atoms with Crippen molar-refractivity contribution in [3.63, 3.8) is 0 Å². The van der Waals surface area contributed by atoms with Crippen LogP contribution in [-0.2, 0) is 0 Å². The van der Waals surface area contributed by atoms with Crippen LogP contribution in [0.2, 0.25) is 0 Å². The van der Waals surface area contributed by atoms with E-state index < -0.39 is 0 Å². The van der Waals surface area contributed by atoms with Crippen molar-refractivity contribution in [2.45, 2.75) is 26.8 Å². The van der Waals surface area contributed by atoms with Crippen LogP contribution < -0.4 is 5.32 Å². The van der Waals surface area contributed by atoms with Gasteiger partial charge in [0.15, 0.2) is 5.11 Å². The van der Waals surface area contributed by atoms with E-state index in [4.69, 9.17) is 12.2 Å². The summed E-state index contributed by atoms with van der Waals surface area (Å²) >= 11 is 5.48. The largest absolute Gasteiger partial charge is 0.345 e. The summed E-state index contributed by atoms with van der Waals surface area (Å²) in [5.41, 5.74) is 4.28. The maximum Gasteiger partial charge on any atom is 0.269 e. The minimum absolute atomic E-state index is 0.0841. The number of nitrogens with zero attached hydrogens (tertiary/aromatic N) is 2. The van der Waals surface area contributed by atoms with E-state index in [1.165, 1.54) is 17.2 Å². The van der Waals surface area contributed by atoms with Gasteiger partial charge in [0.05, 0.1) is 11.0 Å². The van der Waals surface area contributed by atoms with Gasteiger partial charge in [0.25, 0.3) is 5.69 Å². The van der Waals surface area contributed by atoms with Crippen molar-refractivity contribution in [2.24, 2.45) is 0 Å². The molecule has 0 aliphatic heterocycles. The third kappa shape index (κ3) is 4.08. The van der Waals surface area contributed by atoms with E-state index in [2.05, 4.69) is 19.2 Å². The second kappa shape index (κ2) is 7.40. The van der Waals surface area contributed by atoms with Crippen LogP contribution in [-0.4, -0.2) is 22.0 Å². The number of benzene rings is 2. The minimum Gasteiger partial charge on any atom is -0.345 e. The third-order valence-corrected chi connectivity index (χ3v) is 4.61. The molecule has 1 atom stereocenters. The van der Waals surface area contributed by atoms with E-state index in [9.17, 15) is 10.1 Å². The van der Waals surface area contributed by atoms with Gasteiger partial charge in [-0.15, -0.1) is 0 Å². The van der Waals surface area contributed by atoms with Crippen LogP contribution in [0.25, 0.3) is 0 Å². The highest BCUT2D eigenvalue weighted by Crippen LogP contribution is 2.24. The Kier molecular flexibility index (Phi) is 5.51. The monoisotopic (exact) mass is 343 g/mol. The summed E-state index contributed by atoms with van der Waals surface area (Å²) in [4.78, 5) is 12.4. The molecule has 0 aromatic heterocycles. The Bertz CT molecular complexity index is 777. The van der Waals surface area contributed by atoms with Crippen molar-refractivity contribution in [3.8, 4) is 0 Å². The van der Waals surface area contributed by atoms with E-state index in [-0.39, 0.29) is 16.7 Å². The number of nitrogens with one attached hydrogen (secondary N) is 1. The number of hydrogen-bond acceptors (Lipinski definition) is 3. The summed E-state index contributed by atoms with van der Waals surface area (Å²) in [6.45, 7) is 6.08. The minimum atomic E-state index is -0.387. The number of hydrogen-bond donors (Lipinski definition) is 1. The third-order valence-electron chi connectivity index (χ3n) is 4.22. The molecule has 24 heavy (non-hydrogen) atoms. The molecule has 0 bridgehead atoms. The van der Waals surface area contributed by atoms with Gasteiger partial charge in [-0.3, -0.25) is 10.1 Å². The van der Waals surface area contributed by atoms with Crippen molar-refractivity contribution in [1.29, 1.82) is 0 Å². The molecule has 126 valence electrons. The van der Waals surface area contributed by atoms with Crippen LogP contribution in [0.1, 0.15) is 29.7 Å². The first-order valence-corrected chi connectivity index (χ1v) is 8.06. The van der Waals surface area contributed by atoms with Crippen LogP contribution in [0.15, 0.2) is 42.5 Å². The quantitative estimate of drug-likeness (QED) is 0.499. The van der Waals surface area contributed by atoms with Crippen molar-refractivity contribution >= 4 is 28.7 Å². The fourth-order valence-corrected chi connectivity index (χ4v) is 2.60. The zero-order chi connectivity index (χ0) is 17.9. The average Bonchev–Trinajstić information content (AvgIpc) is 2.56. The molecule has 0 saturated heterocycles. The molecule has 2 aromatic carbocycles. The average molecular weight is 343 g/mol. The van der Waals surface area contributed by atoms with Gasteiger partial charge in [0, 0.05) is 24.9 Å². The van der Waals surface area contributed by atoms with Crippen molar-refractivity contribution < 1.29 is 4.92 Å². The van der Waals surface area contributed by atoms with Gasteiger partial charge in [-0.25, -0.2) is 0 Å². The van der Waals surface area contributed by atoms with Gasteiger partial charge in [-0.2, -0.15) is 0 Å². The number of aryl methyl sites for hydroxylation is 2. The lowest BCUT2D eigenvalue weighted by atomic mass is 10.1. The van der Waals surface area contributed by atoms with Crippen molar-refractivity contribution in [3.05, 3.63) is 69.3 Å². The van der Waals surface area contributed by atoms with E-state index >= 15 is 0 Å². The van der Waals surface area contributed by atoms with Gasteiger partial charge in [0.2, 0.25) is 0 Å². The van der Waals surface area contributed by atoms with Gasteiger partial charge in [-0.05, 0) is 61.8 Å². The molecule has 0 unspecified atom stereocenters. The Morgan fingerprint density at radius 2 is 1.92 bits per heavy atom. The zero-order valence-electron chi connectivity index (χ0n) is 14.2. The molecule has 1 N–H and O–H groups in total. The predicted molar refractivity (Wildman–Crippen MR) is 101 cm³/mol. The van der Waals surface area contributed by atoms with Crippen LogP contribution in [0, 0.1) is 24.0 Å². The van der Waals surface area contributed by atoms with Gasteiger partial charge < -0.3 is 10.2 Å². The summed E-state index contributed by atoms with van der Waals surface area (Å²) in [5, 5.41) is 14.7. The topological polar surface area (TPSA) is 58.4 Å². The molecule has 0 saturated carbocycles. The molecule has 0 aliphatic rings. The summed E-state index contributed by atoms with van der Waals surface area (Å²) in [6.07, 6.45) is 0. The first kappa shape index (κ1) is 17.9. The van der Waals surface area contributed by atoms with Gasteiger partial charge in [0.1, 0.15) is 0 Å². The Morgan fingerprint density at radius 1 is 1.21 bits per heavy atom. The maximum atomic E-state index is 10.9. The van der Waals surface area contributed by atoms with Gasteiger partial charge in [-0.1, -0.05) is 18.2 Å². The molecule has 0 spiro atoms. The second-order valence-corrected chi connectivity index (χ2v) is 6.25. The molecule has 0 fully saturated rings. The van der Waals surface area contributed by atoms with Crippen molar-refractivity contribution in [2.75, 3.05) is 12.4 Å². The first-order valence-electron chi connectivity index (χ1n) is 7.65. The van der Waals surface area contributed by atoms with Crippen LogP contribution in [0.5, 0.6) is 0 Å². The number of non-ortho nitro benzene ring substituents is 1. The lowest BCUT2D eigenvalue weighted by Gasteiger charge is -2.28. The lowest BCUT2D eigenvalue weighted by Crippen LogP contribution is -2.33. The number of anilines is 1. The first-order chi connectivity index (χ1) is 11.3. The molecule has 0 amide bonds. The van der Waals surface area contributed by atoms with E-state index in [0.29, 0.717) is 5.11 Å². The summed E-state index contributed by atoms with van der Waals surface area (Å²) in [7, 11) is 1.87. The molecule has 0 radical (unpaired) electrons. The Hall–Kier alpha value is -2.47. The summed E-state index contributed by atoms with van der Waals surface area (Å²) < 4.78 is 0. The molecule has 6 heteroatoms. The zero-order valence-corrected chi connectivity index (χ0v) is 15.1. The second-order valence-electron chi connectivity index (χ2n) is 5.87. The summed E-state index contributed by atoms with van der Waals surface area (Å²) in [6, 6.07) is 12.6. The highest BCUT2D eigenvalue weighted by Gasteiger charge is 2.17. The smallest absolute Gasteiger partial charge is 0.269 e. The standard InChI is InChI=1S/C18H21N3O2S/c1-12-8-9-16(10-13(12)2)19-18(24)20(4)14(3)15-6-5-7-17(11-15)21(22)23/h5-11,14H,1-4H3,(H,19,24)/t14-/m1/s1. The normalized spacial score (nSPS) is 11.7. The van der Waals surface area contributed by atoms with Gasteiger partial charge >= 0.3 is 0 Å². The lowest BCUT2D eigenvalue weighted by molar-refractivity contribution is -0.384. The predicted octanol–water partition coefficient (Wildman–Crippen LogP) is 4.60. The van der Waals surface area contributed by atoms with Crippen LogP contribution in [0.4, 0.5) is 11.4 Å². The van der Waals surface area contributed by atoms with E-state index in [1.807, 2.05) is 43.1 Å². The number of rotatable bonds is 4. The number of thiocarbonyl (C=S) groups is 1.